The molecule has 0 aromatic heterocycles. The van der Waals surface area contributed by atoms with Gasteiger partial charge in [0.1, 0.15) is 0 Å². The maximum atomic E-state index is 11.6. The first-order valence-corrected chi connectivity index (χ1v) is 5.31. The number of rotatable bonds is 1. The molecule has 0 spiro atoms. The molecule has 2 N–H and O–H groups in total. The number of halogens is 1. The summed E-state index contributed by atoms with van der Waals surface area (Å²) in [6.45, 7) is 1.47. The van der Waals surface area contributed by atoms with Crippen molar-refractivity contribution in [3.8, 4) is 0 Å². The van der Waals surface area contributed by atoms with Gasteiger partial charge < -0.3 is 10.6 Å². The van der Waals surface area contributed by atoms with Crippen LogP contribution in [0.15, 0.2) is 18.2 Å². The highest BCUT2D eigenvalue weighted by atomic mass is 35.5. The summed E-state index contributed by atoms with van der Waals surface area (Å²) in [5.74, 6) is -0.0539. The van der Waals surface area contributed by atoms with Gasteiger partial charge in [-0.3, -0.25) is 4.79 Å². The Labute approximate surface area is 93.8 Å². The van der Waals surface area contributed by atoms with Crippen molar-refractivity contribution in [2.24, 2.45) is 0 Å². The van der Waals surface area contributed by atoms with Crippen molar-refractivity contribution in [2.45, 2.75) is 12.5 Å². The molecule has 0 aliphatic carbocycles. The van der Waals surface area contributed by atoms with Crippen molar-refractivity contribution < 1.29 is 4.79 Å². The van der Waals surface area contributed by atoms with Gasteiger partial charge in [-0.05, 0) is 23.3 Å². The Morgan fingerprint density at radius 3 is 3.13 bits per heavy atom. The number of hydrogen-bond acceptors (Lipinski definition) is 2. The maximum Gasteiger partial charge on any atom is 0.228 e. The second-order valence-electron chi connectivity index (χ2n) is 3.64. The standard InChI is InChI=1S/C11H13ClN2O/c1-13-11(15)10-6-14-5-7-4-8(12)2-3-9(7)10/h2-4,10,14H,5-6H2,1H3,(H,13,15). The van der Waals surface area contributed by atoms with Crippen molar-refractivity contribution in [3.63, 3.8) is 0 Å². The molecule has 1 atom stereocenters. The average molecular weight is 225 g/mol. The molecule has 0 radical (unpaired) electrons. The SMILES string of the molecule is CNC(=O)C1CNCc2cc(Cl)ccc21. The van der Waals surface area contributed by atoms with Gasteiger partial charge in [-0.1, -0.05) is 17.7 Å². The molecule has 1 aliphatic rings. The first-order valence-electron chi connectivity index (χ1n) is 4.93. The van der Waals surface area contributed by atoms with Gasteiger partial charge in [0.05, 0.1) is 5.92 Å². The molecule has 15 heavy (non-hydrogen) atoms. The monoisotopic (exact) mass is 224 g/mol. The van der Waals surface area contributed by atoms with Gasteiger partial charge in [0.15, 0.2) is 0 Å². The Hall–Kier alpha value is -1.06. The first kappa shape index (κ1) is 10.5. The molecule has 1 aromatic rings. The second-order valence-corrected chi connectivity index (χ2v) is 4.08. The fourth-order valence-corrected chi connectivity index (χ4v) is 2.13. The van der Waals surface area contributed by atoms with Crippen molar-refractivity contribution >= 4 is 17.5 Å². The molecule has 0 saturated heterocycles. The lowest BCUT2D eigenvalue weighted by molar-refractivity contribution is -0.122. The number of hydrogen-bond donors (Lipinski definition) is 2. The van der Waals surface area contributed by atoms with E-state index in [0.29, 0.717) is 11.6 Å². The van der Waals surface area contributed by atoms with Crippen LogP contribution in [0.25, 0.3) is 0 Å². The van der Waals surface area contributed by atoms with E-state index >= 15 is 0 Å². The number of benzene rings is 1. The molecule has 0 bridgehead atoms. The predicted molar refractivity (Wildman–Crippen MR) is 60.0 cm³/mol. The van der Waals surface area contributed by atoms with E-state index in [4.69, 9.17) is 11.6 Å². The van der Waals surface area contributed by atoms with E-state index in [1.807, 2.05) is 18.2 Å². The summed E-state index contributed by atoms with van der Waals surface area (Å²) >= 11 is 5.91. The number of likely N-dealkylation sites (N-methyl/N-ethyl adjacent to an activating group) is 1. The lowest BCUT2D eigenvalue weighted by Crippen LogP contribution is -2.37. The number of nitrogens with one attached hydrogen (secondary N) is 2. The Bertz CT molecular complexity index is 392. The van der Waals surface area contributed by atoms with Crippen LogP contribution in [-0.2, 0) is 11.3 Å². The summed E-state index contributed by atoms with van der Waals surface area (Å²) in [6.07, 6.45) is 0. The number of carbonyl (C=O) groups excluding carboxylic acids is 1. The van der Waals surface area contributed by atoms with Crippen LogP contribution in [0.5, 0.6) is 0 Å². The average Bonchev–Trinajstić information content (AvgIpc) is 2.26. The predicted octanol–water partition coefficient (Wildman–Crippen LogP) is 1.27. The molecule has 80 valence electrons. The lowest BCUT2D eigenvalue weighted by Gasteiger charge is -2.25. The third-order valence-corrected chi connectivity index (χ3v) is 2.94. The number of amides is 1. The number of fused-ring (bicyclic) bond motifs is 1. The quantitative estimate of drug-likeness (QED) is 0.755. The highest BCUT2D eigenvalue weighted by molar-refractivity contribution is 6.30. The van der Waals surface area contributed by atoms with Crippen molar-refractivity contribution in [1.82, 2.24) is 10.6 Å². The third-order valence-electron chi connectivity index (χ3n) is 2.71. The van der Waals surface area contributed by atoms with Crippen LogP contribution < -0.4 is 10.6 Å². The van der Waals surface area contributed by atoms with Crippen molar-refractivity contribution in [2.75, 3.05) is 13.6 Å². The summed E-state index contributed by atoms with van der Waals surface area (Å²) in [7, 11) is 1.66. The topological polar surface area (TPSA) is 41.1 Å². The van der Waals surface area contributed by atoms with Gasteiger partial charge in [0.25, 0.3) is 0 Å². The molecule has 0 saturated carbocycles. The van der Waals surface area contributed by atoms with E-state index in [9.17, 15) is 4.79 Å². The number of carbonyl (C=O) groups is 1. The molecule has 0 fully saturated rings. The molecular weight excluding hydrogens is 212 g/mol. The van der Waals surface area contributed by atoms with E-state index in [2.05, 4.69) is 10.6 Å². The van der Waals surface area contributed by atoms with Crippen LogP contribution in [0, 0.1) is 0 Å². The summed E-state index contributed by atoms with van der Waals surface area (Å²) in [6, 6.07) is 5.69. The zero-order chi connectivity index (χ0) is 10.8. The minimum Gasteiger partial charge on any atom is -0.359 e. The van der Waals surface area contributed by atoms with E-state index in [1.165, 1.54) is 0 Å². The van der Waals surface area contributed by atoms with Gasteiger partial charge in [-0.15, -0.1) is 0 Å². The van der Waals surface area contributed by atoms with Crippen LogP contribution in [0.3, 0.4) is 0 Å². The molecule has 1 aliphatic heterocycles. The van der Waals surface area contributed by atoms with Crippen molar-refractivity contribution in [1.29, 1.82) is 0 Å². The normalized spacial score (nSPS) is 19.5. The zero-order valence-corrected chi connectivity index (χ0v) is 9.27. The molecule has 1 unspecified atom stereocenters. The fraction of sp³-hybridized carbons (Fsp3) is 0.364. The Morgan fingerprint density at radius 2 is 2.40 bits per heavy atom. The highest BCUT2D eigenvalue weighted by Gasteiger charge is 2.25. The van der Waals surface area contributed by atoms with Gasteiger partial charge in [-0.2, -0.15) is 0 Å². The lowest BCUT2D eigenvalue weighted by atomic mass is 9.90. The van der Waals surface area contributed by atoms with E-state index in [1.54, 1.807) is 7.05 Å². The van der Waals surface area contributed by atoms with E-state index in [-0.39, 0.29) is 11.8 Å². The van der Waals surface area contributed by atoms with Gasteiger partial charge in [0.2, 0.25) is 5.91 Å². The smallest absolute Gasteiger partial charge is 0.228 e. The molecular formula is C11H13ClN2O. The summed E-state index contributed by atoms with van der Waals surface area (Å²) in [5, 5.41) is 6.61. The Balaban J connectivity index is 2.38. The Morgan fingerprint density at radius 1 is 1.60 bits per heavy atom. The third kappa shape index (κ3) is 1.98. The molecule has 2 rings (SSSR count). The van der Waals surface area contributed by atoms with Gasteiger partial charge in [-0.25, -0.2) is 0 Å². The highest BCUT2D eigenvalue weighted by Crippen LogP contribution is 2.26. The minimum absolute atomic E-state index is 0.0470. The fourth-order valence-electron chi connectivity index (χ4n) is 1.94. The second kappa shape index (κ2) is 4.21. The minimum atomic E-state index is -0.101. The molecule has 3 nitrogen and oxygen atoms in total. The van der Waals surface area contributed by atoms with Crippen LogP contribution >= 0.6 is 11.6 Å². The van der Waals surface area contributed by atoms with Crippen LogP contribution in [-0.4, -0.2) is 19.5 Å². The van der Waals surface area contributed by atoms with Crippen LogP contribution in [0.1, 0.15) is 17.0 Å². The van der Waals surface area contributed by atoms with Crippen molar-refractivity contribution in [3.05, 3.63) is 34.3 Å². The Kier molecular flexibility index (Phi) is 2.93. The summed E-state index contributed by atoms with van der Waals surface area (Å²) in [4.78, 5) is 11.6. The van der Waals surface area contributed by atoms with E-state index in [0.717, 1.165) is 17.7 Å². The van der Waals surface area contributed by atoms with Crippen LogP contribution in [0.4, 0.5) is 0 Å². The van der Waals surface area contributed by atoms with E-state index < -0.39 is 0 Å². The van der Waals surface area contributed by atoms with Gasteiger partial charge in [0, 0.05) is 25.2 Å². The molecule has 1 aromatic carbocycles. The zero-order valence-electron chi connectivity index (χ0n) is 8.51. The van der Waals surface area contributed by atoms with Crippen LogP contribution in [0.2, 0.25) is 5.02 Å². The first-order chi connectivity index (χ1) is 7.22. The van der Waals surface area contributed by atoms with Gasteiger partial charge >= 0.3 is 0 Å². The maximum absolute atomic E-state index is 11.6. The largest absolute Gasteiger partial charge is 0.359 e. The molecule has 1 amide bonds. The molecule has 1 heterocycles. The summed E-state index contributed by atoms with van der Waals surface area (Å²) in [5.41, 5.74) is 2.19. The summed E-state index contributed by atoms with van der Waals surface area (Å²) < 4.78 is 0. The molecule has 4 heteroatoms.